The van der Waals surface area contributed by atoms with Crippen LogP contribution in [0.4, 0.5) is 11.4 Å². The summed E-state index contributed by atoms with van der Waals surface area (Å²) in [4.78, 5) is 22.4. The van der Waals surface area contributed by atoms with Crippen LogP contribution in [0.5, 0.6) is 0 Å². The average molecular weight is 280 g/mol. The van der Waals surface area contributed by atoms with Gasteiger partial charge in [-0.25, -0.2) is 0 Å². The average Bonchev–Trinajstić information content (AvgIpc) is 2.45. The molecule has 1 amide bonds. The van der Waals surface area contributed by atoms with Crippen LogP contribution in [-0.2, 0) is 0 Å². The number of hydrogen-bond acceptors (Lipinski definition) is 5. The van der Waals surface area contributed by atoms with Gasteiger partial charge in [-0.3, -0.25) is 14.9 Å². The quantitative estimate of drug-likeness (QED) is 0.413. The number of rotatable bonds is 6. The van der Waals surface area contributed by atoms with Gasteiger partial charge in [0.2, 0.25) is 0 Å². The number of nitro groups is 1. The molecule has 0 aliphatic rings. The minimum absolute atomic E-state index is 0.0302. The highest BCUT2D eigenvalue weighted by Crippen LogP contribution is 2.23. The molecular weight excluding hydrogens is 260 g/mol. The van der Waals surface area contributed by atoms with E-state index in [9.17, 15) is 14.9 Å². The number of nitrogens with zero attached hydrogens (tertiary/aromatic N) is 1. The van der Waals surface area contributed by atoms with Crippen LogP contribution >= 0.6 is 0 Å². The van der Waals surface area contributed by atoms with Crippen LogP contribution in [-0.4, -0.2) is 22.9 Å². The molecular formula is C13H20N4O3. The molecule has 1 aromatic rings. The summed E-state index contributed by atoms with van der Waals surface area (Å²) in [6.45, 7) is 4.17. The van der Waals surface area contributed by atoms with E-state index in [4.69, 9.17) is 11.5 Å². The second kappa shape index (κ2) is 6.33. The topological polar surface area (TPSA) is 124 Å². The fraction of sp³-hybridized carbons (Fsp3) is 0.462. The van der Waals surface area contributed by atoms with Gasteiger partial charge >= 0.3 is 0 Å². The lowest BCUT2D eigenvalue weighted by Crippen LogP contribution is -2.52. The Balaban J connectivity index is 3.04. The Bertz CT molecular complexity index is 504. The number of nitrogens with two attached hydrogens (primary N) is 2. The van der Waals surface area contributed by atoms with Crippen molar-refractivity contribution in [2.24, 2.45) is 5.73 Å². The molecule has 0 heterocycles. The van der Waals surface area contributed by atoms with Gasteiger partial charge in [-0.2, -0.15) is 0 Å². The molecule has 0 saturated heterocycles. The predicted octanol–water partition coefficient (Wildman–Crippen LogP) is 1.42. The predicted molar refractivity (Wildman–Crippen MR) is 77.3 cm³/mol. The highest BCUT2D eigenvalue weighted by molar-refractivity contribution is 5.96. The molecule has 0 aromatic heterocycles. The Morgan fingerprint density at radius 3 is 2.45 bits per heavy atom. The zero-order valence-corrected chi connectivity index (χ0v) is 11.7. The molecule has 20 heavy (non-hydrogen) atoms. The van der Waals surface area contributed by atoms with Crippen LogP contribution in [0.1, 0.15) is 37.0 Å². The van der Waals surface area contributed by atoms with Crippen molar-refractivity contribution in [1.82, 2.24) is 5.32 Å². The van der Waals surface area contributed by atoms with E-state index in [0.717, 1.165) is 0 Å². The molecule has 7 heteroatoms. The normalized spacial score (nSPS) is 11.2. The largest absolute Gasteiger partial charge is 0.393 e. The minimum atomic E-state index is -0.609. The molecule has 7 nitrogen and oxygen atoms in total. The van der Waals surface area contributed by atoms with Gasteiger partial charge in [0.05, 0.1) is 10.5 Å². The first kappa shape index (κ1) is 15.9. The van der Waals surface area contributed by atoms with E-state index in [1.54, 1.807) is 0 Å². The summed E-state index contributed by atoms with van der Waals surface area (Å²) >= 11 is 0. The van der Waals surface area contributed by atoms with Crippen molar-refractivity contribution < 1.29 is 9.72 Å². The van der Waals surface area contributed by atoms with Crippen LogP contribution in [0.25, 0.3) is 0 Å². The summed E-state index contributed by atoms with van der Waals surface area (Å²) in [7, 11) is 0. The standard InChI is InChI=1S/C13H20N4O3/c1-3-13(4-2,8-14)16-12(18)9-5-6-10(15)11(7-9)17(19)20/h5-7H,3-4,8,14-15H2,1-2H3,(H,16,18). The minimum Gasteiger partial charge on any atom is -0.393 e. The van der Waals surface area contributed by atoms with Crippen LogP contribution < -0.4 is 16.8 Å². The lowest BCUT2D eigenvalue weighted by atomic mass is 9.92. The van der Waals surface area contributed by atoms with Crippen molar-refractivity contribution in [2.45, 2.75) is 32.2 Å². The van der Waals surface area contributed by atoms with E-state index in [1.165, 1.54) is 18.2 Å². The molecule has 0 bridgehead atoms. The van der Waals surface area contributed by atoms with Crippen molar-refractivity contribution in [1.29, 1.82) is 0 Å². The fourth-order valence-corrected chi connectivity index (χ4v) is 1.92. The van der Waals surface area contributed by atoms with E-state index in [0.29, 0.717) is 19.4 Å². The highest BCUT2D eigenvalue weighted by atomic mass is 16.6. The smallest absolute Gasteiger partial charge is 0.292 e. The molecule has 0 spiro atoms. The van der Waals surface area contributed by atoms with E-state index >= 15 is 0 Å². The van der Waals surface area contributed by atoms with Crippen molar-refractivity contribution in [3.8, 4) is 0 Å². The molecule has 0 radical (unpaired) electrons. The monoisotopic (exact) mass is 280 g/mol. The summed E-state index contributed by atoms with van der Waals surface area (Å²) in [5.41, 5.74) is 10.7. The molecule has 1 aromatic carbocycles. The fourth-order valence-electron chi connectivity index (χ4n) is 1.92. The zero-order chi connectivity index (χ0) is 15.3. The van der Waals surface area contributed by atoms with Crippen LogP contribution in [0.3, 0.4) is 0 Å². The third-order valence-electron chi connectivity index (χ3n) is 3.61. The number of carbonyl (C=O) groups excluding carboxylic acids is 1. The summed E-state index contributed by atoms with van der Waals surface area (Å²) in [6, 6.07) is 4.00. The number of amides is 1. The van der Waals surface area contributed by atoms with Gasteiger partial charge < -0.3 is 16.8 Å². The van der Waals surface area contributed by atoms with E-state index in [2.05, 4.69) is 5.32 Å². The molecule has 0 atom stereocenters. The number of nitro benzene ring substituents is 1. The molecule has 0 aliphatic carbocycles. The SMILES string of the molecule is CCC(CC)(CN)NC(=O)c1ccc(N)c([N+](=O)[O-])c1. The number of benzene rings is 1. The Labute approximate surface area is 117 Å². The van der Waals surface area contributed by atoms with Crippen LogP contribution in [0.2, 0.25) is 0 Å². The van der Waals surface area contributed by atoms with Gasteiger partial charge in [0.25, 0.3) is 11.6 Å². The third-order valence-corrected chi connectivity index (χ3v) is 3.61. The van der Waals surface area contributed by atoms with E-state index in [1.807, 2.05) is 13.8 Å². The Kier molecular flexibility index (Phi) is 5.04. The van der Waals surface area contributed by atoms with Crippen LogP contribution in [0, 0.1) is 10.1 Å². The first-order chi connectivity index (χ1) is 9.39. The van der Waals surface area contributed by atoms with Gasteiger partial charge in [-0.1, -0.05) is 13.8 Å². The van der Waals surface area contributed by atoms with Gasteiger partial charge in [-0.05, 0) is 25.0 Å². The summed E-state index contributed by atoms with van der Waals surface area (Å²) in [5, 5.41) is 13.7. The second-order valence-electron chi connectivity index (χ2n) is 4.68. The summed E-state index contributed by atoms with van der Waals surface area (Å²) < 4.78 is 0. The maximum Gasteiger partial charge on any atom is 0.292 e. The van der Waals surface area contributed by atoms with E-state index < -0.39 is 10.5 Å². The van der Waals surface area contributed by atoms with Gasteiger partial charge in [0.1, 0.15) is 5.69 Å². The zero-order valence-electron chi connectivity index (χ0n) is 11.7. The lowest BCUT2D eigenvalue weighted by Gasteiger charge is -2.31. The van der Waals surface area contributed by atoms with Crippen LogP contribution in [0.15, 0.2) is 18.2 Å². The number of carbonyl (C=O) groups is 1. The van der Waals surface area contributed by atoms with Crippen molar-refractivity contribution in [3.05, 3.63) is 33.9 Å². The molecule has 0 fully saturated rings. The molecule has 110 valence electrons. The molecule has 0 aliphatic heterocycles. The van der Waals surface area contributed by atoms with Crippen molar-refractivity contribution >= 4 is 17.3 Å². The first-order valence-corrected chi connectivity index (χ1v) is 6.45. The molecule has 0 unspecified atom stereocenters. The summed E-state index contributed by atoms with van der Waals surface area (Å²) in [5.74, 6) is -0.387. The number of anilines is 1. The Hall–Kier alpha value is -2.15. The molecule has 0 saturated carbocycles. The highest BCUT2D eigenvalue weighted by Gasteiger charge is 2.27. The second-order valence-corrected chi connectivity index (χ2v) is 4.68. The lowest BCUT2D eigenvalue weighted by molar-refractivity contribution is -0.383. The number of hydrogen-bond donors (Lipinski definition) is 3. The maximum atomic E-state index is 12.2. The van der Waals surface area contributed by atoms with Gasteiger partial charge in [0, 0.05) is 18.2 Å². The third kappa shape index (κ3) is 3.24. The maximum absolute atomic E-state index is 12.2. The molecule has 5 N–H and O–H groups in total. The Morgan fingerprint density at radius 1 is 1.40 bits per heavy atom. The van der Waals surface area contributed by atoms with Crippen molar-refractivity contribution in [3.63, 3.8) is 0 Å². The molecule has 1 rings (SSSR count). The number of nitrogen functional groups attached to an aromatic ring is 1. The van der Waals surface area contributed by atoms with Gasteiger partial charge in [0.15, 0.2) is 0 Å². The number of nitrogens with one attached hydrogen (secondary N) is 1. The van der Waals surface area contributed by atoms with E-state index in [-0.39, 0.29) is 22.8 Å². The first-order valence-electron chi connectivity index (χ1n) is 6.45. The Morgan fingerprint density at radius 2 is 2.00 bits per heavy atom. The van der Waals surface area contributed by atoms with Crippen molar-refractivity contribution in [2.75, 3.05) is 12.3 Å². The van der Waals surface area contributed by atoms with Gasteiger partial charge in [-0.15, -0.1) is 0 Å². The summed E-state index contributed by atoms with van der Waals surface area (Å²) in [6.07, 6.45) is 1.37.